The molecule has 1 aliphatic rings. The van der Waals surface area contributed by atoms with Crippen molar-refractivity contribution < 1.29 is 14.7 Å². The monoisotopic (exact) mass is 440 g/mol. The number of aldehydes is 1. The molecule has 3 aromatic rings. The summed E-state index contributed by atoms with van der Waals surface area (Å²) < 4.78 is 1.95. The molecule has 0 atom stereocenters. The second kappa shape index (κ2) is 8.40. The lowest BCUT2D eigenvalue weighted by molar-refractivity contribution is -0.112. The predicted molar refractivity (Wildman–Crippen MR) is 119 cm³/mol. The minimum atomic E-state index is -1.20. The Hall–Kier alpha value is -2.77. The van der Waals surface area contributed by atoms with Crippen LogP contribution in [0.1, 0.15) is 61.6 Å². The van der Waals surface area contributed by atoms with Gasteiger partial charge in [-0.1, -0.05) is 11.6 Å². The number of fused-ring (bicyclic) bond motifs is 1. The third-order valence-corrected chi connectivity index (χ3v) is 6.16. The van der Waals surface area contributed by atoms with Crippen LogP contribution in [0.15, 0.2) is 36.7 Å². The number of hydrogen-bond donors (Lipinski definition) is 2. The van der Waals surface area contributed by atoms with E-state index in [-0.39, 0.29) is 22.7 Å². The van der Waals surface area contributed by atoms with Gasteiger partial charge in [0.05, 0.1) is 22.2 Å². The fourth-order valence-electron chi connectivity index (χ4n) is 4.12. The lowest BCUT2D eigenvalue weighted by Crippen LogP contribution is -2.21. The Labute approximate surface area is 185 Å². The van der Waals surface area contributed by atoms with Crippen molar-refractivity contribution in [1.29, 1.82) is 0 Å². The number of carbonyl (C=O) groups excluding carboxylic acids is 2. The molecule has 0 unspecified atom stereocenters. The van der Waals surface area contributed by atoms with Gasteiger partial charge in [-0.05, 0) is 63.8 Å². The van der Waals surface area contributed by atoms with Gasteiger partial charge >= 0.3 is 0 Å². The van der Waals surface area contributed by atoms with E-state index in [1.165, 1.54) is 6.20 Å². The Balaban J connectivity index is 1.68. The Morgan fingerprint density at radius 3 is 2.68 bits per heavy atom. The maximum Gasteiger partial charge on any atom is 0.275 e. The van der Waals surface area contributed by atoms with Crippen molar-refractivity contribution in [1.82, 2.24) is 14.8 Å². The third-order valence-electron chi connectivity index (χ3n) is 5.85. The van der Waals surface area contributed by atoms with E-state index in [9.17, 15) is 14.7 Å². The first-order chi connectivity index (χ1) is 14.8. The number of amides is 1. The molecular formula is C23H25ClN4O3. The number of benzene rings is 1. The number of anilines is 1. The highest BCUT2D eigenvalue weighted by atomic mass is 35.5. The average Bonchev–Trinajstić information content (AvgIpc) is 3.16. The van der Waals surface area contributed by atoms with Crippen molar-refractivity contribution in [2.75, 3.05) is 5.32 Å². The Kier molecular flexibility index (Phi) is 5.81. The van der Waals surface area contributed by atoms with Gasteiger partial charge in [-0.2, -0.15) is 5.10 Å². The second-order valence-corrected chi connectivity index (χ2v) is 9.02. The molecule has 8 heteroatoms. The highest BCUT2D eigenvalue weighted by molar-refractivity contribution is 6.34. The molecule has 0 spiro atoms. The molecule has 0 radical (unpaired) electrons. The molecule has 1 aliphatic carbocycles. The normalized spacial score (nSPS) is 19.4. The zero-order valence-electron chi connectivity index (χ0n) is 17.5. The highest BCUT2D eigenvalue weighted by Gasteiger charge is 2.26. The molecule has 1 aromatic carbocycles. The maximum absolute atomic E-state index is 12.8. The Morgan fingerprint density at radius 1 is 1.29 bits per heavy atom. The first kappa shape index (κ1) is 21.5. The molecule has 0 aliphatic heterocycles. The zero-order chi connectivity index (χ0) is 22.2. The van der Waals surface area contributed by atoms with Crippen LogP contribution in [0.5, 0.6) is 0 Å². The summed E-state index contributed by atoms with van der Waals surface area (Å²) in [6.07, 6.45) is 8.04. The largest absolute Gasteiger partial charge is 0.386 e. The van der Waals surface area contributed by atoms with E-state index in [0.717, 1.165) is 42.9 Å². The van der Waals surface area contributed by atoms with Crippen molar-refractivity contribution in [2.24, 2.45) is 5.92 Å². The summed E-state index contributed by atoms with van der Waals surface area (Å²) in [6.45, 7) is 3.32. The highest BCUT2D eigenvalue weighted by Crippen LogP contribution is 2.35. The van der Waals surface area contributed by atoms with Gasteiger partial charge in [0.15, 0.2) is 0 Å². The fraction of sp³-hybridized carbons (Fsp3) is 0.391. The van der Waals surface area contributed by atoms with Crippen LogP contribution < -0.4 is 5.32 Å². The molecular weight excluding hydrogens is 416 g/mol. The lowest BCUT2D eigenvalue weighted by atomic mass is 9.87. The van der Waals surface area contributed by atoms with Crippen molar-refractivity contribution in [3.63, 3.8) is 0 Å². The molecule has 4 rings (SSSR count). The number of halogens is 1. The Bertz CT molecular complexity index is 1130. The Morgan fingerprint density at radius 2 is 2.03 bits per heavy atom. The van der Waals surface area contributed by atoms with E-state index in [2.05, 4.69) is 10.3 Å². The van der Waals surface area contributed by atoms with Gasteiger partial charge in [0.2, 0.25) is 0 Å². The van der Waals surface area contributed by atoms with E-state index in [0.29, 0.717) is 11.3 Å². The molecule has 2 N–H and O–H groups in total. The smallest absolute Gasteiger partial charge is 0.275 e. The minimum absolute atomic E-state index is 0.119. The topological polar surface area (TPSA) is 97.1 Å². The molecule has 162 valence electrons. The fourth-order valence-corrected chi connectivity index (χ4v) is 4.33. The van der Waals surface area contributed by atoms with Gasteiger partial charge < -0.3 is 15.2 Å². The molecule has 7 nitrogen and oxygen atoms in total. The first-order valence-electron chi connectivity index (χ1n) is 10.4. The number of aliphatic hydroxyl groups is 1. The summed E-state index contributed by atoms with van der Waals surface area (Å²) in [7, 11) is 0. The predicted octanol–water partition coefficient (Wildman–Crippen LogP) is 4.49. The minimum Gasteiger partial charge on any atom is -0.386 e. The first-order valence-corrected chi connectivity index (χ1v) is 10.8. The number of hydrogen-bond acceptors (Lipinski definition) is 5. The van der Waals surface area contributed by atoms with Crippen LogP contribution in [-0.2, 0) is 10.4 Å². The lowest BCUT2D eigenvalue weighted by Gasteiger charge is -2.25. The van der Waals surface area contributed by atoms with E-state index in [1.54, 1.807) is 32.0 Å². The maximum atomic E-state index is 12.8. The van der Waals surface area contributed by atoms with E-state index in [1.807, 2.05) is 16.9 Å². The average molecular weight is 441 g/mol. The van der Waals surface area contributed by atoms with Gasteiger partial charge in [0, 0.05) is 34.9 Å². The molecule has 1 saturated carbocycles. The SMILES string of the molecule is CC(C)(O)c1cc2nn([C@H]3CC[C@H](C=O)CC3)cc2cc1NC(=O)c1ncccc1Cl. The van der Waals surface area contributed by atoms with Crippen LogP contribution in [0.25, 0.3) is 10.9 Å². The molecule has 1 amide bonds. The summed E-state index contributed by atoms with van der Waals surface area (Å²) in [5.74, 6) is -0.307. The van der Waals surface area contributed by atoms with Gasteiger partial charge in [0.25, 0.3) is 5.91 Å². The summed E-state index contributed by atoms with van der Waals surface area (Å²) >= 11 is 6.11. The van der Waals surface area contributed by atoms with Gasteiger partial charge in [-0.3, -0.25) is 9.48 Å². The third kappa shape index (κ3) is 4.48. The van der Waals surface area contributed by atoms with Crippen LogP contribution >= 0.6 is 11.6 Å². The summed E-state index contributed by atoms with van der Waals surface area (Å²) in [4.78, 5) is 27.9. The van der Waals surface area contributed by atoms with Gasteiger partial charge in [-0.25, -0.2) is 4.98 Å². The molecule has 31 heavy (non-hydrogen) atoms. The quantitative estimate of drug-likeness (QED) is 0.569. The summed E-state index contributed by atoms with van der Waals surface area (Å²) in [5, 5.41) is 19.4. The number of nitrogens with zero attached hydrogens (tertiary/aromatic N) is 3. The van der Waals surface area contributed by atoms with Crippen molar-refractivity contribution >= 4 is 40.4 Å². The van der Waals surface area contributed by atoms with Gasteiger partial charge in [0.1, 0.15) is 12.0 Å². The second-order valence-electron chi connectivity index (χ2n) is 8.62. The van der Waals surface area contributed by atoms with Crippen LogP contribution in [0, 0.1) is 5.92 Å². The van der Waals surface area contributed by atoms with E-state index in [4.69, 9.17) is 16.7 Å². The van der Waals surface area contributed by atoms with Crippen LogP contribution in [0.4, 0.5) is 5.69 Å². The van der Waals surface area contributed by atoms with E-state index < -0.39 is 11.5 Å². The summed E-state index contributed by atoms with van der Waals surface area (Å²) in [5.41, 5.74) is 0.694. The van der Waals surface area contributed by atoms with Crippen molar-refractivity contribution in [2.45, 2.75) is 51.2 Å². The van der Waals surface area contributed by atoms with Crippen LogP contribution in [0.3, 0.4) is 0 Å². The molecule has 0 bridgehead atoms. The van der Waals surface area contributed by atoms with E-state index >= 15 is 0 Å². The number of aromatic nitrogens is 3. The molecule has 2 aromatic heterocycles. The number of pyridine rings is 1. The molecule has 0 saturated heterocycles. The van der Waals surface area contributed by atoms with Crippen LogP contribution in [0.2, 0.25) is 5.02 Å². The number of nitrogens with one attached hydrogen (secondary N) is 1. The van der Waals surface area contributed by atoms with Gasteiger partial charge in [-0.15, -0.1) is 0 Å². The number of carbonyl (C=O) groups is 2. The summed E-state index contributed by atoms with van der Waals surface area (Å²) in [6, 6.07) is 7.12. The zero-order valence-corrected chi connectivity index (χ0v) is 18.3. The van der Waals surface area contributed by atoms with Crippen molar-refractivity contribution in [3.05, 3.63) is 52.9 Å². The van der Waals surface area contributed by atoms with Crippen LogP contribution in [-0.4, -0.2) is 32.1 Å². The number of rotatable bonds is 5. The van der Waals surface area contributed by atoms with Crippen molar-refractivity contribution in [3.8, 4) is 0 Å². The molecule has 2 heterocycles. The standard InChI is InChI=1S/C23H25ClN4O3/c1-23(2,31)17-11-19-15(12-28(27-19)16-7-5-14(13-29)6-8-16)10-20(17)26-22(30)21-18(24)4-3-9-25-21/h3-4,9-14,16,31H,5-8H2,1-2H3,(H,26,30)/t14-,16-. The molecule has 1 fully saturated rings.